The number of hydrogen-bond donors (Lipinski definition) is 0. The van der Waals surface area contributed by atoms with E-state index in [1.165, 1.54) is 6.92 Å². The molecule has 0 aliphatic rings. The van der Waals surface area contributed by atoms with Crippen LogP contribution >= 0.6 is 0 Å². The molecule has 0 amide bonds. The van der Waals surface area contributed by atoms with E-state index in [9.17, 15) is 9.59 Å². The van der Waals surface area contributed by atoms with Gasteiger partial charge in [-0.3, -0.25) is 9.59 Å². The van der Waals surface area contributed by atoms with Crippen LogP contribution in [0.15, 0.2) is 0 Å². The van der Waals surface area contributed by atoms with E-state index in [4.69, 9.17) is 0 Å². The minimum absolute atomic E-state index is 0.211. The number of Topliss-reactive ketones (excluding diaryl/α,β-unsaturated/α-hetero) is 1. The molecule has 0 heterocycles. The monoisotopic (exact) mass is 202 g/mol. The lowest BCUT2D eigenvalue weighted by Crippen LogP contribution is -1.95. The van der Waals surface area contributed by atoms with Crippen molar-refractivity contribution in [2.45, 2.75) is 53.4 Å². The largest absolute Gasteiger partial charge is 0.466 e. The van der Waals surface area contributed by atoms with Crippen molar-refractivity contribution >= 4 is 11.8 Å². The molecule has 3 heteroatoms. The van der Waals surface area contributed by atoms with Crippen molar-refractivity contribution in [3.63, 3.8) is 0 Å². The van der Waals surface area contributed by atoms with Crippen molar-refractivity contribution in [2.24, 2.45) is 0 Å². The second-order valence-corrected chi connectivity index (χ2v) is 2.96. The number of ether oxygens (including phenoxy) is 1. The molecule has 3 nitrogen and oxygen atoms in total. The molecule has 0 aromatic heterocycles. The van der Waals surface area contributed by atoms with Gasteiger partial charge in [0.2, 0.25) is 0 Å². The van der Waals surface area contributed by atoms with E-state index in [1.54, 1.807) is 6.92 Å². The Morgan fingerprint density at radius 1 is 1.00 bits per heavy atom. The van der Waals surface area contributed by atoms with Gasteiger partial charge < -0.3 is 4.74 Å². The molecule has 0 radical (unpaired) electrons. The van der Waals surface area contributed by atoms with E-state index >= 15 is 0 Å². The van der Waals surface area contributed by atoms with Gasteiger partial charge in [0, 0.05) is 19.8 Å². The summed E-state index contributed by atoms with van der Waals surface area (Å²) in [5, 5.41) is 0. The summed E-state index contributed by atoms with van der Waals surface area (Å²) in [7, 11) is 0. The smallest absolute Gasteiger partial charge is 0.302 e. The maximum absolute atomic E-state index is 10.6. The Bertz CT molecular complexity index is 145. The molecule has 0 N–H and O–H groups in total. The summed E-state index contributed by atoms with van der Waals surface area (Å²) >= 11 is 0. The minimum Gasteiger partial charge on any atom is -0.466 e. The fourth-order valence-electron chi connectivity index (χ4n) is 0.886. The number of rotatable bonds is 5. The topological polar surface area (TPSA) is 43.4 Å². The first-order valence-electron chi connectivity index (χ1n) is 5.23. The summed E-state index contributed by atoms with van der Waals surface area (Å²) in [6, 6.07) is 0. The van der Waals surface area contributed by atoms with E-state index in [0.717, 1.165) is 25.7 Å². The summed E-state index contributed by atoms with van der Waals surface area (Å²) < 4.78 is 4.40. The van der Waals surface area contributed by atoms with Gasteiger partial charge in [0.15, 0.2) is 0 Å². The van der Waals surface area contributed by atoms with Crippen LogP contribution in [0.3, 0.4) is 0 Å². The van der Waals surface area contributed by atoms with E-state index in [-0.39, 0.29) is 5.97 Å². The van der Waals surface area contributed by atoms with Crippen LogP contribution in [0.25, 0.3) is 0 Å². The van der Waals surface area contributed by atoms with Gasteiger partial charge in [-0.1, -0.05) is 13.8 Å². The fraction of sp³-hybridized carbons (Fsp3) is 0.818. The quantitative estimate of drug-likeness (QED) is 0.644. The molecule has 0 aromatic carbocycles. The average Bonchev–Trinajstić information content (AvgIpc) is 2.05. The van der Waals surface area contributed by atoms with Crippen LogP contribution < -0.4 is 0 Å². The first kappa shape index (κ1) is 15.6. The van der Waals surface area contributed by atoms with Crippen LogP contribution in [-0.4, -0.2) is 18.4 Å². The molecule has 0 atom stereocenters. The molecule has 14 heavy (non-hydrogen) atoms. The molecule has 0 fully saturated rings. The van der Waals surface area contributed by atoms with Gasteiger partial charge in [0.05, 0.1) is 6.61 Å². The maximum Gasteiger partial charge on any atom is 0.302 e. The minimum atomic E-state index is -0.211. The summed E-state index contributed by atoms with van der Waals surface area (Å²) in [6.07, 6.45) is 3.54. The number of carbonyl (C=O) groups is 2. The van der Waals surface area contributed by atoms with Gasteiger partial charge in [-0.2, -0.15) is 0 Å². The molecule has 84 valence electrons. The van der Waals surface area contributed by atoms with Gasteiger partial charge in [-0.05, 0) is 19.8 Å². The second kappa shape index (κ2) is 12.1. The molecule has 0 saturated heterocycles. The lowest BCUT2D eigenvalue weighted by Gasteiger charge is -1.91. The Kier molecular flexibility index (Phi) is 13.5. The molecular formula is C11H22O3. The lowest BCUT2D eigenvalue weighted by atomic mass is 10.1. The molecular weight excluding hydrogens is 180 g/mol. The van der Waals surface area contributed by atoms with E-state index in [0.29, 0.717) is 12.4 Å². The zero-order valence-electron chi connectivity index (χ0n) is 9.76. The maximum atomic E-state index is 10.6. The Morgan fingerprint density at radius 3 is 1.57 bits per heavy atom. The average molecular weight is 202 g/mol. The van der Waals surface area contributed by atoms with Gasteiger partial charge in [0.1, 0.15) is 5.78 Å². The van der Waals surface area contributed by atoms with Gasteiger partial charge in [-0.15, -0.1) is 0 Å². The predicted molar refractivity (Wildman–Crippen MR) is 57.1 cm³/mol. The second-order valence-electron chi connectivity index (χ2n) is 2.96. The Hall–Kier alpha value is -0.860. The number of ketones is 1. The molecule has 0 rings (SSSR count). The highest BCUT2D eigenvalue weighted by Gasteiger charge is 1.94. The van der Waals surface area contributed by atoms with Crippen molar-refractivity contribution in [3.05, 3.63) is 0 Å². The Morgan fingerprint density at radius 2 is 1.43 bits per heavy atom. The number of carbonyl (C=O) groups excluding carboxylic acids is 2. The van der Waals surface area contributed by atoms with Crippen LogP contribution in [0.1, 0.15) is 53.4 Å². The summed E-state index contributed by atoms with van der Waals surface area (Å²) in [6.45, 7) is 7.72. The van der Waals surface area contributed by atoms with E-state index in [1.807, 2.05) is 13.8 Å². The zero-order chi connectivity index (χ0) is 11.4. The SMILES string of the molecule is CCCC(=O)CCC.CCOC(C)=O. The van der Waals surface area contributed by atoms with Crippen LogP contribution in [0.2, 0.25) is 0 Å². The van der Waals surface area contributed by atoms with Crippen molar-refractivity contribution in [2.75, 3.05) is 6.61 Å². The summed E-state index contributed by atoms with van der Waals surface area (Å²) in [5.41, 5.74) is 0. The van der Waals surface area contributed by atoms with Crippen molar-refractivity contribution < 1.29 is 14.3 Å². The number of hydrogen-bond acceptors (Lipinski definition) is 3. The highest BCUT2D eigenvalue weighted by Crippen LogP contribution is 1.95. The van der Waals surface area contributed by atoms with Crippen LogP contribution in [0.5, 0.6) is 0 Å². The number of esters is 1. The molecule has 0 bridgehead atoms. The zero-order valence-corrected chi connectivity index (χ0v) is 9.76. The van der Waals surface area contributed by atoms with Crippen LogP contribution in [0, 0.1) is 0 Å². The fourth-order valence-corrected chi connectivity index (χ4v) is 0.886. The van der Waals surface area contributed by atoms with Crippen LogP contribution in [-0.2, 0) is 14.3 Å². The molecule has 0 aliphatic heterocycles. The highest BCUT2D eigenvalue weighted by atomic mass is 16.5. The third-order valence-corrected chi connectivity index (χ3v) is 1.41. The highest BCUT2D eigenvalue weighted by molar-refractivity contribution is 5.78. The van der Waals surface area contributed by atoms with E-state index in [2.05, 4.69) is 4.74 Å². The first-order chi connectivity index (χ1) is 6.58. The Balaban J connectivity index is 0. The third kappa shape index (κ3) is 17.3. The lowest BCUT2D eigenvalue weighted by molar-refractivity contribution is -0.140. The molecule has 0 spiro atoms. The molecule has 0 aliphatic carbocycles. The first-order valence-corrected chi connectivity index (χ1v) is 5.23. The summed E-state index contributed by atoms with van der Waals surface area (Å²) in [5.74, 6) is 0.201. The van der Waals surface area contributed by atoms with Crippen molar-refractivity contribution in [1.82, 2.24) is 0 Å². The van der Waals surface area contributed by atoms with E-state index < -0.39 is 0 Å². The van der Waals surface area contributed by atoms with Crippen LogP contribution in [0.4, 0.5) is 0 Å². The third-order valence-electron chi connectivity index (χ3n) is 1.41. The van der Waals surface area contributed by atoms with Crippen molar-refractivity contribution in [3.8, 4) is 0 Å². The Labute approximate surface area is 86.8 Å². The molecule has 0 saturated carbocycles. The standard InChI is InChI=1S/C7H14O.C4H8O2/c1-3-5-7(8)6-4-2;1-3-6-4(2)5/h3-6H2,1-2H3;3H2,1-2H3. The van der Waals surface area contributed by atoms with Crippen molar-refractivity contribution in [1.29, 1.82) is 0 Å². The summed E-state index contributed by atoms with van der Waals surface area (Å²) in [4.78, 5) is 20.5. The van der Waals surface area contributed by atoms with Gasteiger partial charge in [0.25, 0.3) is 0 Å². The predicted octanol–water partition coefficient (Wildman–Crippen LogP) is 2.73. The molecule has 0 unspecified atom stereocenters. The van der Waals surface area contributed by atoms with Gasteiger partial charge in [-0.25, -0.2) is 0 Å². The molecule has 0 aromatic rings. The van der Waals surface area contributed by atoms with Gasteiger partial charge >= 0.3 is 5.97 Å². The normalized spacial score (nSPS) is 8.57.